The molecule has 0 bridgehead atoms. The number of aryl methyl sites for hydroxylation is 3. The number of ether oxygens (including phenoxy) is 2. The third-order valence-electron chi connectivity index (χ3n) is 4.08. The first-order chi connectivity index (χ1) is 12.1. The Morgan fingerprint density at radius 3 is 1.96 bits per heavy atom. The lowest BCUT2D eigenvalue weighted by atomic mass is 10.1. The lowest BCUT2D eigenvalue weighted by Gasteiger charge is -2.20. The molecule has 2 heterocycles. The molecule has 0 spiro atoms. The lowest BCUT2D eigenvalue weighted by Crippen LogP contribution is -2.18. The van der Waals surface area contributed by atoms with Gasteiger partial charge in [0, 0.05) is 13.1 Å². The Morgan fingerprint density at radius 2 is 1.28 bits per heavy atom. The summed E-state index contributed by atoms with van der Waals surface area (Å²) in [5.74, 6) is 1.97. The van der Waals surface area contributed by atoms with Crippen LogP contribution in [0.2, 0.25) is 0 Å². The van der Waals surface area contributed by atoms with Crippen LogP contribution in [0.1, 0.15) is 30.5 Å². The van der Waals surface area contributed by atoms with Gasteiger partial charge in [-0.2, -0.15) is 0 Å². The van der Waals surface area contributed by atoms with Crippen LogP contribution in [0.4, 0.5) is 11.4 Å². The Bertz CT molecular complexity index is 668. The van der Waals surface area contributed by atoms with Crippen molar-refractivity contribution in [3.8, 4) is 11.5 Å². The fraction of sp³-hybridized carbons (Fsp3) is 0.429. The molecule has 0 saturated heterocycles. The lowest BCUT2D eigenvalue weighted by molar-refractivity contribution is 0.323. The van der Waals surface area contributed by atoms with E-state index in [0.29, 0.717) is 0 Å². The highest BCUT2D eigenvalue weighted by Crippen LogP contribution is 2.30. The van der Waals surface area contributed by atoms with Crippen LogP contribution < -0.4 is 20.1 Å². The molecule has 0 aromatic heterocycles. The molecular weight excluding hydrogens is 312 g/mol. The number of rotatable bonds is 0. The summed E-state index contributed by atoms with van der Waals surface area (Å²) in [7, 11) is 0. The van der Waals surface area contributed by atoms with E-state index < -0.39 is 0 Å². The average molecular weight is 342 g/mol. The van der Waals surface area contributed by atoms with Gasteiger partial charge in [-0.05, 0) is 61.7 Å². The Labute approximate surface area is 151 Å². The monoisotopic (exact) mass is 342 g/mol. The van der Waals surface area contributed by atoms with Crippen molar-refractivity contribution >= 4 is 11.4 Å². The molecule has 2 N–H and O–H groups in total. The molecule has 0 amide bonds. The maximum atomic E-state index is 5.50. The molecule has 4 heteroatoms. The Balaban J connectivity index is 0.000000165. The second-order valence-corrected chi connectivity index (χ2v) is 5.98. The van der Waals surface area contributed by atoms with E-state index >= 15 is 0 Å². The van der Waals surface area contributed by atoms with Gasteiger partial charge in [-0.15, -0.1) is 0 Å². The van der Waals surface area contributed by atoms with Gasteiger partial charge >= 0.3 is 0 Å². The summed E-state index contributed by atoms with van der Waals surface area (Å²) >= 11 is 0. The molecule has 2 aromatic rings. The van der Waals surface area contributed by atoms with Crippen molar-refractivity contribution in [3.63, 3.8) is 0 Å². The number of hydrogen-bond donors (Lipinski definition) is 2. The number of hydrogen-bond acceptors (Lipinski definition) is 4. The first-order valence-corrected chi connectivity index (χ1v) is 9.09. The molecule has 0 fully saturated rings. The highest BCUT2D eigenvalue weighted by molar-refractivity contribution is 5.61. The average Bonchev–Trinajstić information content (AvgIpc) is 2.65. The smallest absolute Gasteiger partial charge is 0.142 e. The first-order valence-electron chi connectivity index (χ1n) is 9.09. The van der Waals surface area contributed by atoms with E-state index in [-0.39, 0.29) is 0 Å². The summed E-state index contributed by atoms with van der Waals surface area (Å²) in [5, 5.41) is 6.57. The van der Waals surface area contributed by atoms with E-state index in [1.807, 2.05) is 13.8 Å². The van der Waals surface area contributed by atoms with Crippen molar-refractivity contribution in [1.82, 2.24) is 0 Å². The van der Waals surface area contributed by atoms with Gasteiger partial charge in [0.15, 0.2) is 0 Å². The molecule has 0 radical (unpaired) electrons. The molecule has 4 rings (SSSR count). The van der Waals surface area contributed by atoms with Crippen LogP contribution in [0.25, 0.3) is 0 Å². The predicted molar refractivity (Wildman–Crippen MR) is 106 cm³/mol. The Hall–Kier alpha value is -2.36. The fourth-order valence-corrected chi connectivity index (χ4v) is 2.64. The van der Waals surface area contributed by atoms with Gasteiger partial charge in [0.1, 0.15) is 24.7 Å². The van der Waals surface area contributed by atoms with Gasteiger partial charge in [0.25, 0.3) is 0 Å². The van der Waals surface area contributed by atoms with Crippen molar-refractivity contribution in [1.29, 1.82) is 0 Å². The minimum atomic E-state index is 0.773. The van der Waals surface area contributed by atoms with Crippen LogP contribution in [0.3, 0.4) is 0 Å². The topological polar surface area (TPSA) is 42.5 Å². The Morgan fingerprint density at radius 1 is 0.720 bits per heavy atom. The summed E-state index contributed by atoms with van der Waals surface area (Å²) in [6.07, 6.45) is 0. The summed E-state index contributed by atoms with van der Waals surface area (Å²) in [6, 6.07) is 10.4. The van der Waals surface area contributed by atoms with E-state index in [0.717, 1.165) is 49.2 Å². The quantitative estimate of drug-likeness (QED) is 0.712. The summed E-state index contributed by atoms with van der Waals surface area (Å²) in [4.78, 5) is 0. The van der Waals surface area contributed by atoms with Gasteiger partial charge in [0.2, 0.25) is 0 Å². The molecular formula is C21H30N2O2. The van der Waals surface area contributed by atoms with E-state index in [1.54, 1.807) is 0 Å². The second kappa shape index (κ2) is 9.21. The normalized spacial score (nSPS) is 13.6. The van der Waals surface area contributed by atoms with Gasteiger partial charge in [0.05, 0.1) is 11.4 Å². The highest BCUT2D eigenvalue weighted by atomic mass is 16.5. The van der Waals surface area contributed by atoms with Crippen molar-refractivity contribution in [2.75, 3.05) is 36.9 Å². The molecule has 0 unspecified atom stereocenters. The number of anilines is 2. The maximum Gasteiger partial charge on any atom is 0.142 e. The molecule has 2 aliphatic heterocycles. The van der Waals surface area contributed by atoms with Crippen molar-refractivity contribution in [2.24, 2.45) is 0 Å². The molecule has 0 atom stereocenters. The van der Waals surface area contributed by atoms with Crippen LogP contribution >= 0.6 is 0 Å². The minimum absolute atomic E-state index is 0.773. The van der Waals surface area contributed by atoms with Crippen LogP contribution in [0.15, 0.2) is 30.3 Å². The highest BCUT2D eigenvalue weighted by Gasteiger charge is 2.10. The molecule has 2 aromatic carbocycles. The first kappa shape index (κ1) is 19.0. The second-order valence-electron chi connectivity index (χ2n) is 5.98. The van der Waals surface area contributed by atoms with E-state index in [9.17, 15) is 0 Å². The van der Waals surface area contributed by atoms with E-state index in [4.69, 9.17) is 9.47 Å². The Kier molecular flexibility index (Phi) is 6.99. The minimum Gasteiger partial charge on any atom is -0.490 e. The maximum absolute atomic E-state index is 5.50. The standard InChI is InChI=1S/C10H13NO.C9H11NO.C2H6/c1-7-5-9-10(6-8(7)2)12-4-3-11-9;1-7-2-3-8-9(6-7)11-5-4-10-8;1-2/h5-6,11H,3-4H2,1-2H3;2-3,6,10H,4-5H2,1H3;1-2H3. The van der Waals surface area contributed by atoms with Crippen LogP contribution in [-0.2, 0) is 0 Å². The number of benzene rings is 2. The van der Waals surface area contributed by atoms with Gasteiger partial charge in [-0.25, -0.2) is 0 Å². The third-order valence-corrected chi connectivity index (χ3v) is 4.08. The summed E-state index contributed by atoms with van der Waals surface area (Å²) in [5.41, 5.74) is 6.09. The fourth-order valence-electron chi connectivity index (χ4n) is 2.64. The van der Waals surface area contributed by atoms with Crippen LogP contribution in [-0.4, -0.2) is 26.3 Å². The third kappa shape index (κ3) is 5.05. The zero-order valence-electron chi connectivity index (χ0n) is 16.0. The van der Waals surface area contributed by atoms with E-state index in [2.05, 4.69) is 61.7 Å². The van der Waals surface area contributed by atoms with Crippen molar-refractivity contribution < 1.29 is 9.47 Å². The predicted octanol–water partition coefficient (Wildman–Crippen LogP) is 4.93. The molecule has 2 aliphatic rings. The van der Waals surface area contributed by atoms with Gasteiger partial charge in [-0.1, -0.05) is 19.9 Å². The van der Waals surface area contributed by atoms with E-state index in [1.165, 1.54) is 16.7 Å². The number of nitrogens with one attached hydrogen (secondary N) is 2. The summed E-state index contributed by atoms with van der Waals surface area (Å²) in [6.45, 7) is 13.7. The molecule has 0 saturated carbocycles. The molecule has 0 aliphatic carbocycles. The van der Waals surface area contributed by atoms with Crippen molar-refractivity contribution in [3.05, 3.63) is 47.0 Å². The number of fused-ring (bicyclic) bond motifs is 2. The summed E-state index contributed by atoms with van der Waals surface area (Å²) < 4.78 is 10.9. The SMILES string of the molecule is CC.Cc1cc2c(cc1C)OCCN2.Cc1ccc2c(c1)OCCN2. The molecule has 25 heavy (non-hydrogen) atoms. The van der Waals surface area contributed by atoms with Crippen molar-refractivity contribution in [2.45, 2.75) is 34.6 Å². The molecule has 136 valence electrons. The zero-order valence-corrected chi connectivity index (χ0v) is 16.0. The molecule has 4 nitrogen and oxygen atoms in total. The van der Waals surface area contributed by atoms with Crippen LogP contribution in [0.5, 0.6) is 11.5 Å². The van der Waals surface area contributed by atoms with Gasteiger partial charge in [-0.3, -0.25) is 0 Å². The van der Waals surface area contributed by atoms with Gasteiger partial charge < -0.3 is 20.1 Å². The largest absolute Gasteiger partial charge is 0.490 e. The van der Waals surface area contributed by atoms with Crippen LogP contribution in [0, 0.1) is 20.8 Å². The zero-order chi connectivity index (χ0) is 18.2.